The maximum Gasteiger partial charge on any atom is 0.193 e. The van der Waals surface area contributed by atoms with Crippen molar-refractivity contribution in [1.82, 2.24) is 4.98 Å². The average Bonchev–Trinajstić information content (AvgIpc) is 2.26. The van der Waals surface area contributed by atoms with Crippen molar-refractivity contribution >= 4 is 17.4 Å². The number of pyridine rings is 1. The Morgan fingerprint density at radius 2 is 2.00 bits per heavy atom. The number of aryl methyl sites for hydroxylation is 1. The molecule has 0 N–H and O–H groups in total. The van der Waals surface area contributed by atoms with Crippen LogP contribution in [0.4, 0.5) is 4.39 Å². The summed E-state index contributed by atoms with van der Waals surface area (Å²) in [7, 11) is 0. The van der Waals surface area contributed by atoms with E-state index in [9.17, 15) is 9.18 Å². The smallest absolute Gasteiger partial charge is 0.193 e. The molecule has 1 aromatic heterocycles. The molecule has 0 aliphatic heterocycles. The van der Waals surface area contributed by atoms with E-state index in [0.29, 0.717) is 16.7 Å². The van der Waals surface area contributed by atoms with E-state index in [1.807, 2.05) is 0 Å². The van der Waals surface area contributed by atoms with Crippen LogP contribution in [0, 0.1) is 12.7 Å². The van der Waals surface area contributed by atoms with Gasteiger partial charge < -0.3 is 0 Å². The molecule has 2 aromatic rings. The van der Waals surface area contributed by atoms with Crippen molar-refractivity contribution in [2.75, 3.05) is 0 Å². The van der Waals surface area contributed by atoms with Crippen molar-refractivity contribution in [1.29, 1.82) is 0 Å². The third-order valence-electron chi connectivity index (χ3n) is 2.29. The van der Waals surface area contributed by atoms with Gasteiger partial charge >= 0.3 is 0 Å². The highest BCUT2D eigenvalue weighted by molar-refractivity contribution is 6.29. The second kappa shape index (κ2) is 4.63. The van der Waals surface area contributed by atoms with Crippen molar-refractivity contribution in [2.45, 2.75) is 6.92 Å². The molecule has 0 saturated heterocycles. The fraction of sp³-hybridized carbons (Fsp3) is 0.0769. The molecule has 86 valence electrons. The highest BCUT2D eigenvalue weighted by Crippen LogP contribution is 2.15. The summed E-state index contributed by atoms with van der Waals surface area (Å²) in [5.41, 5.74) is 1.41. The molecule has 2 nitrogen and oxygen atoms in total. The fourth-order valence-electron chi connectivity index (χ4n) is 1.58. The lowest BCUT2D eigenvalue weighted by Gasteiger charge is -2.03. The molecule has 0 fully saturated rings. The van der Waals surface area contributed by atoms with Gasteiger partial charge in [0.15, 0.2) is 5.78 Å². The van der Waals surface area contributed by atoms with Gasteiger partial charge in [0.1, 0.15) is 11.0 Å². The Balaban J connectivity index is 2.43. The van der Waals surface area contributed by atoms with E-state index in [4.69, 9.17) is 11.6 Å². The van der Waals surface area contributed by atoms with Gasteiger partial charge in [0, 0.05) is 17.3 Å². The number of hydrogen-bond acceptors (Lipinski definition) is 2. The predicted octanol–water partition coefficient (Wildman–Crippen LogP) is 3.41. The molecule has 4 heteroatoms. The second-order valence-electron chi connectivity index (χ2n) is 3.71. The molecule has 0 bridgehead atoms. The fourth-order valence-corrected chi connectivity index (χ4v) is 1.75. The molecule has 0 amide bonds. The van der Waals surface area contributed by atoms with Gasteiger partial charge in [-0.1, -0.05) is 11.6 Å². The lowest BCUT2D eigenvalue weighted by atomic mass is 10.0. The minimum atomic E-state index is -0.423. The Morgan fingerprint density at radius 1 is 1.24 bits per heavy atom. The number of carbonyl (C=O) groups is 1. The first kappa shape index (κ1) is 11.7. The number of nitrogens with zero attached hydrogens (tertiary/aromatic N) is 1. The van der Waals surface area contributed by atoms with Crippen LogP contribution >= 0.6 is 11.6 Å². The second-order valence-corrected chi connectivity index (χ2v) is 4.10. The Hall–Kier alpha value is -1.74. The minimum absolute atomic E-state index is 0.240. The highest BCUT2D eigenvalue weighted by atomic mass is 35.5. The van der Waals surface area contributed by atoms with Crippen molar-refractivity contribution in [3.8, 4) is 0 Å². The van der Waals surface area contributed by atoms with Crippen LogP contribution in [0.5, 0.6) is 0 Å². The quantitative estimate of drug-likeness (QED) is 0.603. The van der Waals surface area contributed by atoms with Crippen molar-refractivity contribution in [2.24, 2.45) is 0 Å². The molecular formula is C13H9ClFNO. The summed E-state index contributed by atoms with van der Waals surface area (Å²) in [4.78, 5) is 15.8. The van der Waals surface area contributed by atoms with Crippen molar-refractivity contribution < 1.29 is 9.18 Å². The Bertz CT molecular complexity index is 563. The number of carbonyl (C=O) groups excluding carboxylic acids is 1. The number of halogens is 2. The first-order chi connectivity index (χ1) is 8.06. The normalized spacial score (nSPS) is 10.3. The summed E-state index contributed by atoms with van der Waals surface area (Å²) in [5.74, 6) is -0.689. The SMILES string of the molecule is Cc1cc(F)cc(C(=O)c2ccnc(Cl)c2)c1. The van der Waals surface area contributed by atoms with Crippen LogP contribution in [0.3, 0.4) is 0 Å². The van der Waals surface area contributed by atoms with Gasteiger partial charge in [-0.25, -0.2) is 9.37 Å². The maximum absolute atomic E-state index is 13.2. The van der Waals surface area contributed by atoms with E-state index in [-0.39, 0.29) is 10.9 Å². The molecule has 2 rings (SSSR count). The molecular weight excluding hydrogens is 241 g/mol. The summed E-state index contributed by atoms with van der Waals surface area (Å²) < 4.78 is 13.2. The predicted molar refractivity (Wildman–Crippen MR) is 63.8 cm³/mol. The van der Waals surface area contributed by atoms with E-state index in [1.54, 1.807) is 19.1 Å². The first-order valence-electron chi connectivity index (χ1n) is 5.00. The van der Waals surface area contributed by atoms with Crippen LogP contribution in [0.2, 0.25) is 5.15 Å². The zero-order valence-corrected chi connectivity index (χ0v) is 9.83. The Labute approximate surface area is 103 Å². The van der Waals surface area contributed by atoms with Gasteiger partial charge in [0.05, 0.1) is 0 Å². The molecule has 17 heavy (non-hydrogen) atoms. The molecule has 0 spiro atoms. The number of benzene rings is 1. The molecule has 0 radical (unpaired) electrons. The van der Waals surface area contributed by atoms with Gasteiger partial charge in [0.25, 0.3) is 0 Å². The van der Waals surface area contributed by atoms with E-state index in [2.05, 4.69) is 4.98 Å². The van der Waals surface area contributed by atoms with Gasteiger partial charge in [-0.05, 0) is 42.8 Å². The third-order valence-corrected chi connectivity index (χ3v) is 2.50. The molecule has 0 unspecified atom stereocenters. The van der Waals surface area contributed by atoms with Crippen LogP contribution in [0.25, 0.3) is 0 Å². The summed E-state index contributed by atoms with van der Waals surface area (Å²) in [6.45, 7) is 1.74. The van der Waals surface area contributed by atoms with Crippen LogP contribution in [0.15, 0.2) is 36.5 Å². The molecule has 1 aromatic carbocycles. The van der Waals surface area contributed by atoms with Gasteiger partial charge in [-0.3, -0.25) is 4.79 Å². The van der Waals surface area contributed by atoms with E-state index in [0.717, 1.165) is 0 Å². The van der Waals surface area contributed by atoms with Gasteiger partial charge in [0.2, 0.25) is 0 Å². The zero-order valence-electron chi connectivity index (χ0n) is 9.08. The third kappa shape index (κ3) is 2.68. The zero-order chi connectivity index (χ0) is 12.4. The minimum Gasteiger partial charge on any atom is -0.289 e. The lowest BCUT2D eigenvalue weighted by Crippen LogP contribution is -2.02. The molecule has 0 saturated carbocycles. The van der Waals surface area contributed by atoms with Crippen molar-refractivity contribution in [3.05, 3.63) is 64.2 Å². The summed E-state index contributed by atoms with van der Waals surface area (Å²) in [5, 5.41) is 0.240. The van der Waals surface area contributed by atoms with Gasteiger partial charge in [-0.15, -0.1) is 0 Å². The van der Waals surface area contributed by atoms with E-state index >= 15 is 0 Å². The maximum atomic E-state index is 13.2. The largest absolute Gasteiger partial charge is 0.289 e. The van der Waals surface area contributed by atoms with Crippen LogP contribution < -0.4 is 0 Å². The van der Waals surface area contributed by atoms with Crippen LogP contribution in [-0.2, 0) is 0 Å². The van der Waals surface area contributed by atoms with Crippen molar-refractivity contribution in [3.63, 3.8) is 0 Å². The topological polar surface area (TPSA) is 30.0 Å². The monoisotopic (exact) mass is 249 g/mol. The summed E-state index contributed by atoms with van der Waals surface area (Å²) in [6, 6.07) is 7.23. The summed E-state index contributed by atoms with van der Waals surface area (Å²) >= 11 is 5.70. The number of ketones is 1. The summed E-state index contributed by atoms with van der Waals surface area (Å²) in [6.07, 6.45) is 1.45. The Morgan fingerprint density at radius 3 is 2.65 bits per heavy atom. The Kier molecular flexibility index (Phi) is 3.20. The molecule has 1 heterocycles. The van der Waals surface area contributed by atoms with E-state index in [1.165, 1.54) is 24.4 Å². The van der Waals surface area contributed by atoms with Gasteiger partial charge in [-0.2, -0.15) is 0 Å². The van der Waals surface area contributed by atoms with Crippen LogP contribution in [-0.4, -0.2) is 10.8 Å². The van der Waals surface area contributed by atoms with E-state index < -0.39 is 5.82 Å². The lowest BCUT2D eigenvalue weighted by molar-refractivity contribution is 0.103. The number of aromatic nitrogens is 1. The molecule has 0 atom stereocenters. The standard InChI is InChI=1S/C13H9ClFNO/c1-8-4-10(6-11(15)5-8)13(17)9-2-3-16-12(14)7-9/h2-7H,1H3. The average molecular weight is 250 g/mol. The van der Waals surface area contributed by atoms with Crippen LogP contribution in [0.1, 0.15) is 21.5 Å². The molecule has 0 aliphatic rings. The highest BCUT2D eigenvalue weighted by Gasteiger charge is 2.11. The molecule has 0 aliphatic carbocycles. The number of hydrogen-bond donors (Lipinski definition) is 0. The first-order valence-corrected chi connectivity index (χ1v) is 5.37. The number of rotatable bonds is 2.